The third kappa shape index (κ3) is 2.48. The van der Waals surface area contributed by atoms with Crippen molar-refractivity contribution in [3.8, 4) is 0 Å². The Morgan fingerprint density at radius 3 is 2.25 bits per heavy atom. The first kappa shape index (κ1) is 9.51. The van der Waals surface area contributed by atoms with E-state index in [0.717, 1.165) is 0 Å². The van der Waals surface area contributed by atoms with E-state index in [4.69, 9.17) is 0 Å². The quantitative estimate of drug-likeness (QED) is 0.651. The molecule has 0 aromatic carbocycles. The summed E-state index contributed by atoms with van der Waals surface area (Å²) in [6.45, 7) is 1.38. The van der Waals surface area contributed by atoms with Gasteiger partial charge in [0.1, 0.15) is 5.78 Å². The fraction of sp³-hybridized carbons (Fsp3) is 0.857. The highest BCUT2D eigenvalue weighted by molar-refractivity contribution is 5.79. The standard InChI is InChI=1S/C7H9F3O2/c1-4(11)5-2-6(3-5)12-7(8,9)10/h5-6H,2-3H2,1H3/t5-,6+. The van der Waals surface area contributed by atoms with Gasteiger partial charge >= 0.3 is 6.36 Å². The van der Waals surface area contributed by atoms with Gasteiger partial charge in [0, 0.05) is 5.92 Å². The molecule has 0 spiro atoms. The molecule has 1 aliphatic carbocycles. The van der Waals surface area contributed by atoms with E-state index in [2.05, 4.69) is 4.74 Å². The van der Waals surface area contributed by atoms with E-state index >= 15 is 0 Å². The van der Waals surface area contributed by atoms with E-state index in [1.165, 1.54) is 6.92 Å². The van der Waals surface area contributed by atoms with Gasteiger partial charge in [0.05, 0.1) is 6.10 Å². The van der Waals surface area contributed by atoms with Crippen molar-refractivity contribution < 1.29 is 22.7 Å². The largest absolute Gasteiger partial charge is 0.522 e. The van der Waals surface area contributed by atoms with Gasteiger partial charge in [-0.2, -0.15) is 0 Å². The smallest absolute Gasteiger partial charge is 0.300 e. The minimum atomic E-state index is -4.56. The van der Waals surface area contributed by atoms with Crippen LogP contribution in [0.2, 0.25) is 0 Å². The monoisotopic (exact) mass is 182 g/mol. The van der Waals surface area contributed by atoms with Gasteiger partial charge in [0.2, 0.25) is 0 Å². The number of halogens is 3. The summed E-state index contributed by atoms with van der Waals surface area (Å²) < 4.78 is 38.3. The van der Waals surface area contributed by atoms with Crippen LogP contribution in [-0.2, 0) is 9.53 Å². The summed E-state index contributed by atoms with van der Waals surface area (Å²) in [6, 6.07) is 0. The van der Waals surface area contributed by atoms with E-state index < -0.39 is 12.5 Å². The molecule has 0 bridgehead atoms. The van der Waals surface area contributed by atoms with Crippen LogP contribution in [0.5, 0.6) is 0 Å². The van der Waals surface area contributed by atoms with Gasteiger partial charge in [0.15, 0.2) is 0 Å². The molecule has 0 aromatic heterocycles. The van der Waals surface area contributed by atoms with Gasteiger partial charge in [-0.1, -0.05) is 0 Å². The summed E-state index contributed by atoms with van der Waals surface area (Å²) >= 11 is 0. The van der Waals surface area contributed by atoms with Gasteiger partial charge in [-0.05, 0) is 19.8 Å². The Bertz CT molecular complexity index is 182. The maximum atomic E-state index is 11.5. The molecule has 0 radical (unpaired) electrons. The number of rotatable bonds is 2. The van der Waals surface area contributed by atoms with E-state index in [1.54, 1.807) is 0 Å². The van der Waals surface area contributed by atoms with Crippen molar-refractivity contribution in [2.24, 2.45) is 5.92 Å². The summed E-state index contributed by atoms with van der Waals surface area (Å²) in [7, 11) is 0. The Labute approximate surface area is 67.7 Å². The third-order valence-electron chi connectivity index (χ3n) is 1.97. The number of carbonyl (C=O) groups is 1. The molecule has 0 atom stereocenters. The second-order valence-corrected chi connectivity index (χ2v) is 2.96. The summed E-state index contributed by atoms with van der Waals surface area (Å²) in [5.41, 5.74) is 0. The van der Waals surface area contributed by atoms with Gasteiger partial charge < -0.3 is 0 Å². The summed E-state index contributed by atoms with van der Waals surface area (Å²) in [6.07, 6.45) is -4.96. The lowest BCUT2D eigenvalue weighted by Crippen LogP contribution is -2.38. The molecule has 70 valence electrons. The van der Waals surface area contributed by atoms with Crippen molar-refractivity contribution >= 4 is 5.78 Å². The first-order chi connectivity index (χ1) is 5.38. The zero-order valence-corrected chi connectivity index (χ0v) is 6.52. The predicted octanol–water partition coefficient (Wildman–Crippen LogP) is 1.89. The molecule has 1 fully saturated rings. The number of hydrogen-bond donors (Lipinski definition) is 0. The van der Waals surface area contributed by atoms with Crippen LogP contribution in [0.25, 0.3) is 0 Å². The van der Waals surface area contributed by atoms with Gasteiger partial charge in [-0.15, -0.1) is 13.2 Å². The van der Waals surface area contributed by atoms with Gasteiger partial charge in [-0.3, -0.25) is 9.53 Å². The zero-order chi connectivity index (χ0) is 9.35. The molecule has 1 rings (SSSR count). The average Bonchev–Trinajstić information content (AvgIpc) is 1.74. The number of Topliss-reactive ketones (excluding diaryl/α,β-unsaturated/α-hetero) is 1. The highest BCUT2D eigenvalue weighted by Crippen LogP contribution is 2.34. The molecule has 0 heterocycles. The minimum absolute atomic E-state index is 0.0583. The van der Waals surface area contributed by atoms with Crippen LogP contribution in [0.3, 0.4) is 0 Å². The van der Waals surface area contributed by atoms with Crippen molar-refractivity contribution in [3.05, 3.63) is 0 Å². The summed E-state index contributed by atoms with van der Waals surface area (Å²) in [4.78, 5) is 10.6. The average molecular weight is 182 g/mol. The fourth-order valence-corrected chi connectivity index (χ4v) is 1.18. The Morgan fingerprint density at radius 2 is 1.92 bits per heavy atom. The molecule has 5 heteroatoms. The summed E-state index contributed by atoms with van der Waals surface area (Å²) in [5, 5.41) is 0. The third-order valence-corrected chi connectivity index (χ3v) is 1.97. The first-order valence-electron chi connectivity index (χ1n) is 3.63. The van der Waals surface area contributed by atoms with Crippen LogP contribution in [0.15, 0.2) is 0 Å². The lowest BCUT2D eigenvalue weighted by atomic mass is 9.80. The first-order valence-corrected chi connectivity index (χ1v) is 3.63. The molecule has 1 saturated carbocycles. The molecule has 2 nitrogen and oxygen atoms in total. The Kier molecular flexibility index (Phi) is 2.41. The van der Waals surface area contributed by atoms with Crippen LogP contribution in [0, 0.1) is 5.92 Å². The van der Waals surface area contributed by atoms with E-state index in [1.807, 2.05) is 0 Å². The number of ketones is 1. The van der Waals surface area contributed by atoms with Crippen LogP contribution < -0.4 is 0 Å². The van der Waals surface area contributed by atoms with Crippen molar-refractivity contribution in [3.63, 3.8) is 0 Å². The van der Waals surface area contributed by atoms with Crippen LogP contribution in [0.1, 0.15) is 19.8 Å². The maximum Gasteiger partial charge on any atom is 0.522 e. The van der Waals surface area contributed by atoms with Crippen molar-refractivity contribution in [1.82, 2.24) is 0 Å². The van der Waals surface area contributed by atoms with Crippen molar-refractivity contribution in [1.29, 1.82) is 0 Å². The number of ether oxygens (including phenoxy) is 1. The van der Waals surface area contributed by atoms with Gasteiger partial charge in [-0.25, -0.2) is 0 Å². The fourth-order valence-electron chi connectivity index (χ4n) is 1.18. The van der Waals surface area contributed by atoms with E-state index in [0.29, 0.717) is 0 Å². The van der Waals surface area contributed by atoms with Crippen LogP contribution in [0.4, 0.5) is 13.2 Å². The SMILES string of the molecule is CC(=O)[C@H]1C[C@@H](OC(F)(F)F)C1. The van der Waals surface area contributed by atoms with E-state index in [-0.39, 0.29) is 24.5 Å². The zero-order valence-electron chi connectivity index (χ0n) is 6.52. The molecule has 0 aliphatic heterocycles. The van der Waals surface area contributed by atoms with Crippen molar-refractivity contribution in [2.75, 3.05) is 0 Å². The number of alkyl halides is 3. The Hall–Kier alpha value is -0.580. The molecule has 1 aliphatic rings. The predicted molar refractivity (Wildman–Crippen MR) is 34.3 cm³/mol. The summed E-state index contributed by atoms with van der Waals surface area (Å²) in [5.74, 6) is -0.283. The molecule has 0 aromatic rings. The normalized spacial score (nSPS) is 29.7. The van der Waals surface area contributed by atoms with E-state index in [9.17, 15) is 18.0 Å². The van der Waals surface area contributed by atoms with Crippen LogP contribution >= 0.6 is 0 Å². The topological polar surface area (TPSA) is 26.3 Å². The second-order valence-electron chi connectivity index (χ2n) is 2.96. The lowest BCUT2D eigenvalue weighted by Gasteiger charge is -2.33. The Balaban J connectivity index is 2.22. The van der Waals surface area contributed by atoms with Gasteiger partial charge in [0.25, 0.3) is 0 Å². The highest BCUT2D eigenvalue weighted by Gasteiger charge is 2.41. The molecular weight excluding hydrogens is 173 g/mol. The maximum absolute atomic E-state index is 11.5. The molecular formula is C7H9F3O2. The Morgan fingerprint density at radius 1 is 1.42 bits per heavy atom. The lowest BCUT2D eigenvalue weighted by molar-refractivity contribution is -0.353. The number of hydrogen-bond acceptors (Lipinski definition) is 2. The molecule has 0 amide bonds. The van der Waals surface area contributed by atoms with Crippen molar-refractivity contribution in [2.45, 2.75) is 32.2 Å². The highest BCUT2D eigenvalue weighted by atomic mass is 19.4. The molecule has 0 saturated heterocycles. The van der Waals surface area contributed by atoms with Crippen LogP contribution in [-0.4, -0.2) is 18.2 Å². The molecule has 0 unspecified atom stereocenters. The minimum Gasteiger partial charge on any atom is -0.300 e. The molecule has 12 heavy (non-hydrogen) atoms. The second kappa shape index (κ2) is 3.05. The number of carbonyl (C=O) groups excluding carboxylic acids is 1. The molecule has 0 N–H and O–H groups in total.